The molecule has 0 bridgehead atoms. The number of hydrogen-bond acceptors (Lipinski definition) is 5. The molecule has 0 saturated carbocycles. The lowest BCUT2D eigenvalue weighted by atomic mass is 9.64. The van der Waals surface area contributed by atoms with Crippen molar-refractivity contribution in [1.29, 1.82) is 0 Å². The van der Waals surface area contributed by atoms with Crippen LogP contribution in [-0.2, 0) is 5.41 Å². The molecule has 3 heterocycles. The summed E-state index contributed by atoms with van der Waals surface area (Å²) in [7, 11) is 0. The van der Waals surface area contributed by atoms with E-state index in [0.717, 1.165) is 78.8 Å². The molecular weight excluding hydrogens is 711 g/mol. The fourth-order valence-corrected chi connectivity index (χ4v) is 9.57. The van der Waals surface area contributed by atoms with Crippen LogP contribution in [0.2, 0.25) is 0 Å². The molecule has 5 heteroatoms. The largest absolute Gasteiger partial charge is 0.457 e. The molecule has 0 fully saturated rings. The van der Waals surface area contributed by atoms with Gasteiger partial charge in [0.15, 0.2) is 17.5 Å². The van der Waals surface area contributed by atoms with Crippen molar-refractivity contribution in [3.63, 3.8) is 0 Å². The molecule has 5 nitrogen and oxygen atoms in total. The number of fused-ring (bicyclic) bond motifs is 11. The molecule has 9 aromatic rings. The molecule has 0 radical (unpaired) electrons. The second-order valence-corrected chi connectivity index (χ2v) is 15.6. The first-order valence-corrected chi connectivity index (χ1v) is 19.9. The summed E-state index contributed by atoms with van der Waals surface area (Å²) in [5.41, 5.74) is 13.6. The minimum atomic E-state index is -0.556. The van der Waals surface area contributed by atoms with Gasteiger partial charge in [0.1, 0.15) is 22.7 Å². The Bertz CT molecular complexity index is 3200. The van der Waals surface area contributed by atoms with E-state index in [4.69, 9.17) is 24.1 Å². The topological polar surface area (TPSA) is 61.0 Å². The number of ether oxygens (including phenoxy) is 1. The van der Waals surface area contributed by atoms with Crippen LogP contribution >= 0.6 is 0 Å². The number of nitrogens with zero attached hydrogens (tertiary/aromatic N) is 3. The van der Waals surface area contributed by atoms with Gasteiger partial charge in [-0.1, -0.05) is 153 Å². The monoisotopic (exact) mass is 745 g/mol. The Labute approximate surface area is 335 Å². The maximum atomic E-state index is 6.74. The highest BCUT2D eigenvalue weighted by molar-refractivity contribution is 6.09. The van der Waals surface area contributed by atoms with E-state index in [1.165, 1.54) is 22.3 Å². The second-order valence-electron chi connectivity index (χ2n) is 15.6. The molecular formula is C53H35N3O2. The minimum absolute atomic E-state index is 0.455. The third kappa shape index (κ3) is 4.80. The van der Waals surface area contributed by atoms with E-state index in [1.807, 2.05) is 42.5 Å². The SMILES string of the molecule is CC1C=CC2=C(C1)c1ccccc1C21c2ccccc2Oc2ccc(-c3nc(-c4ccccc4)nc(-c4ccc(-c5cccc6c5oc5ccccc56)cc4)n3)cc21. The van der Waals surface area contributed by atoms with Gasteiger partial charge in [-0.2, -0.15) is 0 Å². The number of aromatic nitrogens is 3. The molecule has 0 N–H and O–H groups in total. The Morgan fingerprint density at radius 2 is 1.14 bits per heavy atom. The maximum Gasteiger partial charge on any atom is 0.164 e. The zero-order chi connectivity index (χ0) is 38.4. The van der Waals surface area contributed by atoms with Crippen molar-refractivity contribution in [3.8, 4) is 56.8 Å². The number of furan rings is 1. The Balaban J connectivity index is 1.02. The molecule has 1 aliphatic heterocycles. The molecule has 274 valence electrons. The first kappa shape index (κ1) is 32.8. The average Bonchev–Trinajstić information content (AvgIpc) is 3.80. The molecule has 0 amide bonds. The standard InChI is InChI=1S/C53H35N3O2/c1-32-22-28-43-41(30-32)38-14-5-7-18-42(38)53(43)44-19-8-10-21-47(44)57-48-29-27-36(31-45(48)53)52-55-50(34-12-3-2-4-13-34)54-51(56-52)35-25-23-33(24-26-35)37-16-11-17-40-39-15-6-9-20-46(39)58-49(37)40/h2-29,31-32H,30H2,1H3. The minimum Gasteiger partial charge on any atom is -0.457 e. The van der Waals surface area contributed by atoms with Crippen molar-refractivity contribution in [3.05, 3.63) is 204 Å². The third-order valence-corrected chi connectivity index (χ3v) is 12.2. The Hall–Kier alpha value is -7.37. The Morgan fingerprint density at radius 1 is 0.517 bits per heavy atom. The average molecular weight is 746 g/mol. The first-order chi connectivity index (χ1) is 28.6. The van der Waals surface area contributed by atoms with E-state index in [1.54, 1.807) is 0 Å². The molecule has 2 unspecified atom stereocenters. The summed E-state index contributed by atoms with van der Waals surface area (Å²) >= 11 is 0. The summed E-state index contributed by atoms with van der Waals surface area (Å²) in [6.45, 7) is 2.30. The van der Waals surface area contributed by atoms with E-state index in [0.29, 0.717) is 23.4 Å². The van der Waals surface area contributed by atoms with Gasteiger partial charge in [0.05, 0.1) is 5.41 Å². The highest BCUT2D eigenvalue weighted by atomic mass is 16.5. The predicted molar refractivity (Wildman–Crippen MR) is 232 cm³/mol. The van der Waals surface area contributed by atoms with Gasteiger partial charge in [0.25, 0.3) is 0 Å². The van der Waals surface area contributed by atoms with Gasteiger partial charge in [0, 0.05) is 44.2 Å². The zero-order valence-electron chi connectivity index (χ0n) is 31.7. The van der Waals surface area contributed by atoms with Crippen LogP contribution in [0.5, 0.6) is 11.5 Å². The third-order valence-electron chi connectivity index (χ3n) is 12.2. The summed E-state index contributed by atoms with van der Waals surface area (Å²) < 4.78 is 13.1. The smallest absolute Gasteiger partial charge is 0.164 e. The highest BCUT2D eigenvalue weighted by Crippen LogP contribution is 2.63. The quantitative estimate of drug-likeness (QED) is 0.179. The molecule has 2 atom stereocenters. The summed E-state index contributed by atoms with van der Waals surface area (Å²) in [6.07, 6.45) is 5.72. The zero-order valence-corrected chi connectivity index (χ0v) is 31.7. The molecule has 58 heavy (non-hydrogen) atoms. The fraction of sp³-hybridized carbons (Fsp3) is 0.0755. The van der Waals surface area contributed by atoms with Gasteiger partial charge < -0.3 is 9.15 Å². The molecule has 0 saturated heterocycles. The highest BCUT2D eigenvalue weighted by Gasteiger charge is 2.52. The van der Waals surface area contributed by atoms with Crippen molar-refractivity contribution in [2.75, 3.05) is 0 Å². The normalized spacial score (nSPS) is 17.6. The molecule has 1 spiro atoms. The number of hydrogen-bond donors (Lipinski definition) is 0. The van der Waals surface area contributed by atoms with Gasteiger partial charge >= 0.3 is 0 Å². The fourth-order valence-electron chi connectivity index (χ4n) is 9.57. The van der Waals surface area contributed by atoms with Crippen LogP contribution in [-0.4, -0.2) is 15.0 Å². The number of allylic oxidation sites excluding steroid dienone is 4. The van der Waals surface area contributed by atoms with E-state index >= 15 is 0 Å². The van der Waals surface area contributed by atoms with E-state index < -0.39 is 5.41 Å². The van der Waals surface area contributed by atoms with Crippen molar-refractivity contribution in [1.82, 2.24) is 15.0 Å². The van der Waals surface area contributed by atoms with Crippen LogP contribution in [0.25, 0.3) is 72.8 Å². The van der Waals surface area contributed by atoms with Gasteiger partial charge in [-0.25, -0.2) is 15.0 Å². The molecule has 3 aliphatic rings. The van der Waals surface area contributed by atoms with Crippen LogP contribution < -0.4 is 4.74 Å². The summed E-state index contributed by atoms with van der Waals surface area (Å²) in [6, 6.07) is 57.0. The number of para-hydroxylation sites is 3. The lowest BCUT2D eigenvalue weighted by molar-refractivity contribution is 0.435. The predicted octanol–water partition coefficient (Wildman–Crippen LogP) is 13.2. The Morgan fingerprint density at radius 3 is 1.98 bits per heavy atom. The van der Waals surface area contributed by atoms with E-state index in [2.05, 4.69) is 140 Å². The molecule has 2 aliphatic carbocycles. The van der Waals surface area contributed by atoms with Gasteiger partial charge in [0.2, 0.25) is 0 Å². The van der Waals surface area contributed by atoms with Crippen LogP contribution in [0.4, 0.5) is 0 Å². The van der Waals surface area contributed by atoms with Crippen LogP contribution in [0.15, 0.2) is 186 Å². The van der Waals surface area contributed by atoms with Crippen LogP contribution in [0.3, 0.4) is 0 Å². The number of rotatable bonds is 4. The van der Waals surface area contributed by atoms with Crippen LogP contribution in [0.1, 0.15) is 35.6 Å². The van der Waals surface area contributed by atoms with Crippen molar-refractivity contribution in [2.45, 2.75) is 18.8 Å². The van der Waals surface area contributed by atoms with Gasteiger partial charge in [-0.05, 0) is 70.5 Å². The van der Waals surface area contributed by atoms with Crippen molar-refractivity contribution >= 4 is 27.5 Å². The molecule has 12 rings (SSSR count). The second kappa shape index (κ2) is 12.6. The Kier molecular flexibility index (Phi) is 7.12. The molecule has 2 aromatic heterocycles. The summed E-state index contributed by atoms with van der Waals surface area (Å²) in [4.78, 5) is 15.5. The maximum absolute atomic E-state index is 6.74. The van der Waals surface area contributed by atoms with E-state index in [9.17, 15) is 0 Å². The number of benzene rings is 7. The molecule has 7 aromatic carbocycles. The van der Waals surface area contributed by atoms with Crippen molar-refractivity contribution < 1.29 is 9.15 Å². The van der Waals surface area contributed by atoms with E-state index in [-0.39, 0.29) is 0 Å². The van der Waals surface area contributed by atoms with Gasteiger partial charge in [-0.3, -0.25) is 0 Å². The lowest BCUT2D eigenvalue weighted by Gasteiger charge is -2.40. The summed E-state index contributed by atoms with van der Waals surface area (Å²) in [5, 5.41) is 2.22. The van der Waals surface area contributed by atoms with Crippen LogP contribution in [0, 0.1) is 5.92 Å². The summed E-state index contributed by atoms with van der Waals surface area (Å²) in [5.74, 6) is 4.00. The first-order valence-electron chi connectivity index (χ1n) is 19.9. The van der Waals surface area contributed by atoms with Gasteiger partial charge in [-0.15, -0.1) is 0 Å². The van der Waals surface area contributed by atoms with Crippen molar-refractivity contribution in [2.24, 2.45) is 5.92 Å². The lowest BCUT2D eigenvalue weighted by Crippen LogP contribution is -2.33.